The number of hydrogen-bond acceptors (Lipinski definition) is 5. The van der Waals surface area contributed by atoms with E-state index in [4.69, 9.17) is 9.47 Å². The Morgan fingerprint density at radius 2 is 1.70 bits per heavy atom. The topological polar surface area (TPSA) is 67.5 Å². The van der Waals surface area contributed by atoms with Crippen molar-refractivity contribution in [1.82, 2.24) is 14.9 Å². The number of rotatable bonds is 9. The van der Waals surface area contributed by atoms with E-state index in [0.717, 1.165) is 30.1 Å². The van der Waals surface area contributed by atoms with Crippen LogP contribution in [-0.2, 0) is 6.54 Å². The summed E-state index contributed by atoms with van der Waals surface area (Å²) in [5.74, 6) is 2.32. The van der Waals surface area contributed by atoms with Crippen molar-refractivity contribution in [2.24, 2.45) is 0 Å². The second kappa shape index (κ2) is 9.19. The molecule has 27 heavy (non-hydrogen) atoms. The molecule has 0 aliphatic rings. The van der Waals surface area contributed by atoms with Gasteiger partial charge < -0.3 is 14.5 Å². The summed E-state index contributed by atoms with van der Waals surface area (Å²) in [6.07, 6.45) is 0. The molecule has 0 saturated heterocycles. The minimum Gasteiger partial charge on any atom is -0.494 e. The van der Waals surface area contributed by atoms with Crippen LogP contribution in [0.3, 0.4) is 0 Å². The van der Waals surface area contributed by atoms with Crippen molar-refractivity contribution < 1.29 is 9.47 Å². The molecule has 0 amide bonds. The minimum absolute atomic E-state index is 0.0997. The maximum atomic E-state index is 12.2. The van der Waals surface area contributed by atoms with Crippen molar-refractivity contribution in [3.63, 3.8) is 0 Å². The Morgan fingerprint density at radius 1 is 1.00 bits per heavy atom. The van der Waals surface area contributed by atoms with E-state index < -0.39 is 0 Å². The van der Waals surface area contributed by atoms with E-state index in [1.807, 2.05) is 49.4 Å². The fraction of sp³-hybridized carbons (Fsp3) is 0.333. The molecule has 2 aromatic carbocycles. The molecule has 0 unspecified atom stereocenters. The number of benzene rings is 2. The monoisotopic (exact) mass is 367 g/mol. The van der Waals surface area contributed by atoms with Crippen molar-refractivity contribution in [2.75, 3.05) is 26.3 Å². The number of nitrogens with one attached hydrogen (secondary N) is 1. The smallest absolute Gasteiger partial charge is 0.258 e. The first-order valence-corrected chi connectivity index (χ1v) is 9.25. The van der Waals surface area contributed by atoms with Gasteiger partial charge in [0.2, 0.25) is 0 Å². The normalized spacial score (nSPS) is 11.1. The summed E-state index contributed by atoms with van der Waals surface area (Å²) in [4.78, 5) is 21.8. The summed E-state index contributed by atoms with van der Waals surface area (Å²) in [6.45, 7) is 7.39. The number of aromatic nitrogens is 2. The van der Waals surface area contributed by atoms with Gasteiger partial charge in [-0.05, 0) is 49.9 Å². The van der Waals surface area contributed by atoms with Crippen LogP contribution in [0, 0.1) is 0 Å². The molecule has 0 radical (unpaired) electrons. The third-order valence-corrected chi connectivity index (χ3v) is 4.29. The van der Waals surface area contributed by atoms with Crippen molar-refractivity contribution in [2.45, 2.75) is 20.4 Å². The highest BCUT2D eigenvalue weighted by Gasteiger charge is 2.08. The van der Waals surface area contributed by atoms with Crippen LogP contribution in [0.2, 0.25) is 0 Å². The standard InChI is InChI=1S/C21H25N3O3/c1-3-24(13-14-27-17-11-9-16(10-12-17)26-4-2)15-20-22-19-8-6-5-7-18(19)21(25)23-20/h5-12H,3-4,13-15H2,1-2H3,(H,22,23,25). The van der Waals surface area contributed by atoms with Gasteiger partial charge in [0.25, 0.3) is 5.56 Å². The Kier molecular flexibility index (Phi) is 6.44. The van der Waals surface area contributed by atoms with Crippen LogP contribution in [0.15, 0.2) is 53.3 Å². The van der Waals surface area contributed by atoms with E-state index in [0.29, 0.717) is 31.0 Å². The van der Waals surface area contributed by atoms with Crippen molar-refractivity contribution in [3.8, 4) is 11.5 Å². The minimum atomic E-state index is -0.0997. The van der Waals surface area contributed by atoms with Gasteiger partial charge in [-0.25, -0.2) is 4.98 Å². The lowest BCUT2D eigenvalue weighted by molar-refractivity contribution is 0.206. The van der Waals surface area contributed by atoms with E-state index >= 15 is 0 Å². The molecule has 3 aromatic rings. The second-order valence-corrected chi connectivity index (χ2v) is 6.15. The van der Waals surface area contributed by atoms with E-state index in [2.05, 4.69) is 21.8 Å². The Balaban J connectivity index is 1.57. The second-order valence-electron chi connectivity index (χ2n) is 6.15. The summed E-state index contributed by atoms with van der Waals surface area (Å²) in [7, 11) is 0. The average molecular weight is 367 g/mol. The zero-order valence-electron chi connectivity index (χ0n) is 15.8. The Labute approximate surface area is 158 Å². The first-order valence-electron chi connectivity index (χ1n) is 9.25. The molecule has 142 valence electrons. The number of aromatic amines is 1. The summed E-state index contributed by atoms with van der Waals surface area (Å²) in [5.41, 5.74) is 0.621. The predicted octanol–water partition coefficient (Wildman–Crippen LogP) is 3.22. The summed E-state index contributed by atoms with van der Waals surface area (Å²) in [5, 5.41) is 0.614. The number of ether oxygens (including phenoxy) is 2. The van der Waals surface area contributed by atoms with Gasteiger partial charge in [0.05, 0.1) is 24.1 Å². The van der Waals surface area contributed by atoms with E-state index in [-0.39, 0.29) is 5.56 Å². The number of H-pyrrole nitrogens is 1. The van der Waals surface area contributed by atoms with Crippen molar-refractivity contribution in [1.29, 1.82) is 0 Å². The number of fused-ring (bicyclic) bond motifs is 1. The first kappa shape index (κ1) is 18.9. The van der Waals surface area contributed by atoms with Gasteiger partial charge in [-0.15, -0.1) is 0 Å². The highest BCUT2D eigenvalue weighted by Crippen LogP contribution is 2.17. The van der Waals surface area contributed by atoms with E-state index in [1.165, 1.54) is 0 Å². The van der Waals surface area contributed by atoms with Crippen LogP contribution >= 0.6 is 0 Å². The molecule has 0 aliphatic heterocycles. The Bertz CT molecular complexity index is 922. The maximum Gasteiger partial charge on any atom is 0.258 e. The highest BCUT2D eigenvalue weighted by molar-refractivity contribution is 5.77. The lowest BCUT2D eigenvalue weighted by Gasteiger charge is -2.20. The van der Waals surface area contributed by atoms with Gasteiger partial charge in [0.15, 0.2) is 0 Å². The molecular formula is C21H25N3O3. The highest BCUT2D eigenvalue weighted by atomic mass is 16.5. The van der Waals surface area contributed by atoms with Crippen LogP contribution in [0.1, 0.15) is 19.7 Å². The van der Waals surface area contributed by atoms with Gasteiger partial charge in [-0.2, -0.15) is 0 Å². The quantitative estimate of drug-likeness (QED) is 0.629. The molecule has 6 nitrogen and oxygen atoms in total. The van der Waals surface area contributed by atoms with Crippen molar-refractivity contribution >= 4 is 10.9 Å². The van der Waals surface area contributed by atoms with Crippen LogP contribution < -0.4 is 15.0 Å². The summed E-state index contributed by atoms with van der Waals surface area (Å²) >= 11 is 0. The van der Waals surface area contributed by atoms with Crippen LogP contribution in [0.5, 0.6) is 11.5 Å². The molecule has 0 saturated carbocycles. The molecule has 1 heterocycles. The van der Waals surface area contributed by atoms with Crippen molar-refractivity contribution in [3.05, 3.63) is 64.7 Å². The molecule has 0 spiro atoms. The zero-order chi connectivity index (χ0) is 19.1. The molecule has 0 fully saturated rings. The molecule has 0 bridgehead atoms. The molecule has 3 rings (SSSR count). The fourth-order valence-electron chi connectivity index (χ4n) is 2.86. The fourth-order valence-corrected chi connectivity index (χ4v) is 2.86. The third kappa shape index (κ3) is 5.08. The lowest BCUT2D eigenvalue weighted by atomic mass is 10.2. The zero-order valence-corrected chi connectivity index (χ0v) is 15.8. The summed E-state index contributed by atoms with van der Waals surface area (Å²) < 4.78 is 11.2. The van der Waals surface area contributed by atoms with Gasteiger partial charge in [0.1, 0.15) is 23.9 Å². The SMILES string of the molecule is CCOc1ccc(OCCN(CC)Cc2nc3ccccc3c(=O)[nH]2)cc1. The van der Waals surface area contributed by atoms with Crippen LogP contribution in [0.4, 0.5) is 0 Å². The largest absolute Gasteiger partial charge is 0.494 e. The predicted molar refractivity (Wildman–Crippen MR) is 106 cm³/mol. The van der Waals surface area contributed by atoms with Gasteiger partial charge in [0, 0.05) is 6.54 Å². The molecule has 1 N–H and O–H groups in total. The third-order valence-electron chi connectivity index (χ3n) is 4.29. The molecule has 6 heteroatoms. The molecule has 1 aromatic heterocycles. The van der Waals surface area contributed by atoms with Crippen LogP contribution in [0.25, 0.3) is 10.9 Å². The number of nitrogens with zero attached hydrogens (tertiary/aromatic N) is 2. The average Bonchev–Trinajstić information content (AvgIpc) is 2.69. The Morgan fingerprint density at radius 3 is 2.41 bits per heavy atom. The van der Waals surface area contributed by atoms with E-state index in [9.17, 15) is 4.79 Å². The first-order chi connectivity index (χ1) is 13.2. The van der Waals surface area contributed by atoms with E-state index in [1.54, 1.807) is 6.07 Å². The Hall–Kier alpha value is -2.86. The van der Waals surface area contributed by atoms with Crippen LogP contribution in [-0.4, -0.2) is 41.2 Å². The van der Waals surface area contributed by atoms with Gasteiger partial charge in [-0.1, -0.05) is 19.1 Å². The molecular weight excluding hydrogens is 342 g/mol. The lowest BCUT2D eigenvalue weighted by Crippen LogP contribution is -2.29. The maximum absolute atomic E-state index is 12.2. The number of likely N-dealkylation sites (N-methyl/N-ethyl adjacent to an activating group) is 1. The summed E-state index contributed by atoms with van der Waals surface area (Å²) in [6, 6.07) is 15.0. The number of para-hydroxylation sites is 1. The number of hydrogen-bond donors (Lipinski definition) is 1. The molecule has 0 atom stereocenters. The molecule has 0 aliphatic carbocycles. The van der Waals surface area contributed by atoms with Gasteiger partial charge in [-0.3, -0.25) is 9.69 Å². The van der Waals surface area contributed by atoms with Gasteiger partial charge >= 0.3 is 0 Å².